The van der Waals surface area contributed by atoms with Crippen LogP contribution in [0.25, 0.3) is 17.1 Å². The van der Waals surface area contributed by atoms with Crippen LogP contribution in [0.4, 0.5) is 23.7 Å². The Labute approximate surface area is 262 Å². The molecule has 1 saturated heterocycles. The molecule has 234 valence electrons. The Morgan fingerprint density at radius 3 is 2.40 bits per heavy atom. The number of amidine groups is 1. The number of halogens is 3. The third-order valence-electron chi connectivity index (χ3n) is 6.87. The van der Waals surface area contributed by atoms with Gasteiger partial charge < -0.3 is 10.1 Å². The van der Waals surface area contributed by atoms with E-state index in [0.717, 1.165) is 22.4 Å². The van der Waals surface area contributed by atoms with Crippen molar-refractivity contribution in [2.45, 2.75) is 51.9 Å². The first-order chi connectivity index (χ1) is 21.3. The Bertz CT molecular complexity index is 1710. The van der Waals surface area contributed by atoms with Crippen LogP contribution in [0.5, 0.6) is 5.75 Å². The van der Waals surface area contributed by atoms with Crippen LogP contribution in [0.2, 0.25) is 0 Å². The number of aromatic nitrogens is 3. The molecule has 1 aliphatic heterocycles. The van der Waals surface area contributed by atoms with E-state index in [9.17, 15) is 22.8 Å². The molecule has 0 radical (unpaired) electrons. The minimum atomic E-state index is -4.76. The van der Waals surface area contributed by atoms with Crippen molar-refractivity contribution >= 4 is 34.6 Å². The van der Waals surface area contributed by atoms with Gasteiger partial charge in [0.15, 0.2) is 11.0 Å². The van der Waals surface area contributed by atoms with Gasteiger partial charge in [-0.2, -0.15) is 4.99 Å². The predicted octanol–water partition coefficient (Wildman–Crippen LogP) is 6.91. The first-order valence-electron chi connectivity index (χ1n) is 14.1. The van der Waals surface area contributed by atoms with Gasteiger partial charge in [-0.1, -0.05) is 75.0 Å². The van der Waals surface area contributed by atoms with Crippen molar-refractivity contribution in [3.05, 3.63) is 90.3 Å². The maximum Gasteiger partial charge on any atom is 0.573 e. The van der Waals surface area contributed by atoms with E-state index in [4.69, 9.17) is 0 Å². The highest BCUT2D eigenvalue weighted by Crippen LogP contribution is 2.36. The number of carbonyl (C=O) groups is 2. The summed E-state index contributed by atoms with van der Waals surface area (Å²) in [5.74, 6) is 0.207. The van der Waals surface area contributed by atoms with E-state index in [1.165, 1.54) is 51.9 Å². The second-order valence-corrected chi connectivity index (χ2v) is 12.4. The van der Waals surface area contributed by atoms with E-state index in [-0.39, 0.29) is 28.9 Å². The lowest BCUT2D eigenvalue weighted by atomic mass is 9.85. The molecule has 0 aliphatic carbocycles. The van der Waals surface area contributed by atoms with Gasteiger partial charge in [0.05, 0.1) is 17.1 Å². The number of amides is 3. The molecule has 5 rings (SSSR count). The Balaban J connectivity index is 1.20. The number of nitrogens with one attached hydrogen (secondary N) is 1. The fraction of sp³-hybridized carbons (Fsp3) is 0.281. The monoisotopic (exact) mass is 636 g/mol. The van der Waals surface area contributed by atoms with Crippen molar-refractivity contribution in [3.8, 4) is 22.8 Å². The highest BCUT2D eigenvalue weighted by Gasteiger charge is 2.34. The van der Waals surface area contributed by atoms with Crippen molar-refractivity contribution in [1.82, 2.24) is 20.1 Å². The zero-order valence-electron chi connectivity index (χ0n) is 25.0. The molecule has 4 aromatic rings. The molecule has 0 saturated carbocycles. The normalized spacial score (nSPS) is 15.4. The Morgan fingerprint density at radius 2 is 1.73 bits per heavy atom. The van der Waals surface area contributed by atoms with Gasteiger partial charge >= 0.3 is 12.4 Å². The smallest absolute Gasteiger partial charge is 0.406 e. The van der Waals surface area contributed by atoms with Gasteiger partial charge in [0.2, 0.25) is 5.91 Å². The van der Waals surface area contributed by atoms with Gasteiger partial charge in [-0.25, -0.2) is 14.5 Å². The van der Waals surface area contributed by atoms with Crippen LogP contribution in [-0.2, 0) is 16.6 Å². The summed E-state index contributed by atoms with van der Waals surface area (Å²) in [4.78, 5) is 35.8. The third kappa shape index (κ3) is 7.90. The van der Waals surface area contributed by atoms with Crippen LogP contribution in [-0.4, -0.2) is 50.0 Å². The number of aliphatic imine (C=N–C) groups is 1. The lowest BCUT2D eigenvalue weighted by Crippen LogP contribution is -2.35. The Morgan fingerprint density at radius 1 is 1.04 bits per heavy atom. The standard InChI is InChI=1S/C32H31F3N6O3S/c1-20(37-29(43)38-30-41(27(42)18-45-30)26-8-6-5-7-25(26)31(2,3)4)17-21-9-11-22(12-10-21)28-36-19-40(39-28)23-13-15-24(16-14-23)44-32(33,34)35/h5-16,19-20H,17-18H2,1-4H3,(H,37,43). The number of thioether (sulfide) groups is 1. The number of urea groups is 1. The van der Waals surface area contributed by atoms with Gasteiger partial charge in [-0.3, -0.25) is 9.69 Å². The third-order valence-corrected chi connectivity index (χ3v) is 7.79. The Hall–Kier alpha value is -4.65. The molecular weight excluding hydrogens is 605 g/mol. The van der Waals surface area contributed by atoms with Gasteiger partial charge in [0.25, 0.3) is 0 Å². The lowest BCUT2D eigenvalue weighted by molar-refractivity contribution is -0.274. The highest BCUT2D eigenvalue weighted by molar-refractivity contribution is 8.15. The molecule has 13 heteroatoms. The zero-order valence-corrected chi connectivity index (χ0v) is 25.8. The van der Waals surface area contributed by atoms with Gasteiger partial charge in [0.1, 0.15) is 12.1 Å². The van der Waals surface area contributed by atoms with E-state index < -0.39 is 12.4 Å². The lowest BCUT2D eigenvalue weighted by Gasteiger charge is -2.27. The molecule has 0 bridgehead atoms. The summed E-state index contributed by atoms with van der Waals surface area (Å²) in [7, 11) is 0. The maximum atomic E-state index is 12.9. The number of ether oxygens (including phenoxy) is 1. The van der Waals surface area contributed by atoms with E-state index in [0.29, 0.717) is 23.1 Å². The number of carbonyl (C=O) groups excluding carboxylic acids is 2. The van der Waals surface area contributed by atoms with Gasteiger partial charge in [-0.15, -0.1) is 18.3 Å². The first kappa shape index (κ1) is 31.8. The minimum Gasteiger partial charge on any atom is -0.406 e. The molecule has 1 fully saturated rings. The summed E-state index contributed by atoms with van der Waals surface area (Å²) < 4.78 is 42.6. The average molecular weight is 637 g/mol. The fourth-order valence-corrected chi connectivity index (χ4v) is 5.69. The summed E-state index contributed by atoms with van der Waals surface area (Å²) >= 11 is 1.24. The van der Waals surface area contributed by atoms with Gasteiger partial charge in [0, 0.05) is 11.6 Å². The molecule has 9 nitrogen and oxygen atoms in total. The van der Waals surface area contributed by atoms with Crippen molar-refractivity contribution in [3.63, 3.8) is 0 Å². The van der Waals surface area contributed by atoms with Crippen molar-refractivity contribution in [2.24, 2.45) is 4.99 Å². The molecule has 1 aliphatic rings. The highest BCUT2D eigenvalue weighted by atomic mass is 32.2. The zero-order chi connectivity index (χ0) is 32.4. The molecule has 2 heterocycles. The number of para-hydroxylation sites is 1. The molecule has 3 aromatic carbocycles. The second-order valence-electron chi connectivity index (χ2n) is 11.5. The molecule has 0 spiro atoms. The summed E-state index contributed by atoms with van der Waals surface area (Å²) in [5, 5.41) is 7.67. The first-order valence-corrected chi connectivity index (χ1v) is 15.1. The van der Waals surface area contributed by atoms with E-state index >= 15 is 0 Å². The molecule has 45 heavy (non-hydrogen) atoms. The molecule has 1 atom stereocenters. The topological polar surface area (TPSA) is 102 Å². The van der Waals surface area contributed by atoms with E-state index in [2.05, 4.69) is 45.9 Å². The summed E-state index contributed by atoms with van der Waals surface area (Å²) in [6.07, 6.45) is -2.75. The van der Waals surface area contributed by atoms with Gasteiger partial charge in [-0.05, 0) is 60.2 Å². The number of nitrogens with zero attached hydrogens (tertiary/aromatic N) is 5. The van der Waals surface area contributed by atoms with Crippen molar-refractivity contribution < 1.29 is 27.5 Å². The number of benzene rings is 3. The minimum absolute atomic E-state index is 0.121. The van der Waals surface area contributed by atoms with Crippen LogP contribution >= 0.6 is 11.8 Å². The van der Waals surface area contributed by atoms with Crippen LogP contribution in [0.15, 0.2) is 84.1 Å². The fourth-order valence-electron chi connectivity index (χ4n) is 4.83. The number of alkyl halides is 3. The van der Waals surface area contributed by atoms with E-state index in [1.807, 2.05) is 55.5 Å². The van der Waals surface area contributed by atoms with Crippen molar-refractivity contribution in [1.29, 1.82) is 0 Å². The molecule has 1 N–H and O–H groups in total. The van der Waals surface area contributed by atoms with E-state index in [1.54, 1.807) is 0 Å². The Kier molecular flexibility index (Phi) is 9.01. The SMILES string of the molecule is CC(Cc1ccc(-c2ncn(-c3ccc(OC(F)(F)F)cc3)n2)cc1)NC(=O)N=C1SCC(=O)N1c1ccccc1C(C)(C)C. The summed E-state index contributed by atoms with van der Waals surface area (Å²) in [5.41, 5.74) is 3.74. The maximum absolute atomic E-state index is 12.9. The predicted molar refractivity (Wildman–Crippen MR) is 168 cm³/mol. The largest absolute Gasteiger partial charge is 0.573 e. The molecule has 3 amide bonds. The quantitative estimate of drug-likeness (QED) is 0.237. The van der Waals surface area contributed by atoms with Crippen LogP contribution in [0.3, 0.4) is 0 Å². The number of hydrogen-bond acceptors (Lipinski definition) is 6. The molecular formula is C32H31F3N6O3S. The number of rotatable bonds is 7. The van der Waals surface area contributed by atoms with Crippen LogP contribution in [0.1, 0.15) is 38.8 Å². The van der Waals surface area contributed by atoms with Crippen molar-refractivity contribution in [2.75, 3.05) is 10.7 Å². The summed E-state index contributed by atoms with van der Waals surface area (Å²) in [6.45, 7) is 8.09. The average Bonchev–Trinajstić information content (AvgIpc) is 3.59. The second kappa shape index (κ2) is 12.8. The number of anilines is 1. The number of hydrogen-bond donors (Lipinski definition) is 1. The summed E-state index contributed by atoms with van der Waals surface area (Å²) in [6, 6.07) is 19.7. The van der Waals surface area contributed by atoms with Crippen LogP contribution < -0.4 is 15.0 Å². The van der Waals surface area contributed by atoms with Crippen LogP contribution in [0, 0.1) is 0 Å². The molecule has 1 aromatic heterocycles. The molecule has 1 unspecified atom stereocenters.